The summed E-state index contributed by atoms with van der Waals surface area (Å²) in [4.78, 5) is 34.2. The van der Waals surface area contributed by atoms with Gasteiger partial charge >= 0.3 is 6.36 Å². The van der Waals surface area contributed by atoms with Crippen LogP contribution in [0, 0.1) is 6.92 Å². The van der Waals surface area contributed by atoms with Crippen molar-refractivity contribution < 1.29 is 27.8 Å². The first-order valence-electron chi connectivity index (χ1n) is 10.1. The van der Waals surface area contributed by atoms with Crippen molar-refractivity contribution in [2.75, 3.05) is 5.32 Å². The number of hydrogen-bond donors (Lipinski definition) is 2. The zero-order valence-electron chi connectivity index (χ0n) is 18.2. The topological polar surface area (TPSA) is 106 Å². The average Bonchev–Trinajstić information content (AvgIpc) is 2.80. The van der Waals surface area contributed by atoms with Crippen molar-refractivity contribution in [1.82, 2.24) is 14.5 Å². The van der Waals surface area contributed by atoms with Gasteiger partial charge in [0.2, 0.25) is 0 Å². The number of hydrogen-bond acceptors (Lipinski definition) is 6. The van der Waals surface area contributed by atoms with Crippen LogP contribution in [0.15, 0.2) is 53.6 Å². The first kappa shape index (κ1) is 25.3. The van der Waals surface area contributed by atoms with E-state index in [2.05, 4.69) is 20.0 Å². The predicted octanol–water partition coefficient (Wildman–Crippen LogP) is 5.31. The number of ether oxygens (including phenoxy) is 1. The number of nitrogens with one attached hydrogen (secondary N) is 1. The zero-order chi connectivity index (χ0) is 26.2. The van der Waals surface area contributed by atoms with E-state index in [1.54, 1.807) is 13.0 Å². The predicted molar refractivity (Wildman–Crippen MR) is 127 cm³/mol. The molecule has 2 aromatic heterocycles. The highest BCUT2D eigenvalue weighted by Crippen LogP contribution is 2.31. The zero-order valence-corrected chi connectivity index (χ0v) is 19.7. The number of pyridine rings is 1. The van der Waals surface area contributed by atoms with Gasteiger partial charge in [0.1, 0.15) is 11.4 Å². The summed E-state index contributed by atoms with van der Waals surface area (Å²) in [7, 11) is 0. The number of para-hydroxylation sites is 1. The maximum absolute atomic E-state index is 13.4. The number of halogens is 5. The number of carbonyl (C=O) groups excluding carboxylic acids is 1. The minimum atomic E-state index is -4.91. The van der Waals surface area contributed by atoms with Crippen LogP contribution in [0.1, 0.15) is 21.6 Å². The third kappa shape index (κ3) is 5.21. The number of alkyl halides is 3. The molecule has 4 rings (SSSR count). The molecule has 0 aliphatic heterocycles. The van der Waals surface area contributed by atoms with Crippen LogP contribution in [0.3, 0.4) is 0 Å². The van der Waals surface area contributed by atoms with E-state index in [-0.39, 0.29) is 44.6 Å². The van der Waals surface area contributed by atoms with E-state index in [0.717, 1.165) is 16.7 Å². The van der Waals surface area contributed by atoms with Gasteiger partial charge in [-0.25, -0.2) is 9.97 Å². The molecule has 1 amide bonds. The smallest absolute Gasteiger partial charge is 0.504 e. The SMILES string of the molecule is Cc1ccc(NC(=O)c2cc(Cl)c(O)c(Cl)n2)c2c(=O)n(Cc3ccccc3OC(F)(F)F)cnc12. The highest BCUT2D eigenvalue weighted by atomic mass is 35.5. The van der Waals surface area contributed by atoms with E-state index in [1.165, 1.54) is 30.6 Å². The van der Waals surface area contributed by atoms with Crippen LogP contribution in [0.4, 0.5) is 18.9 Å². The van der Waals surface area contributed by atoms with Crippen molar-refractivity contribution in [2.45, 2.75) is 19.8 Å². The van der Waals surface area contributed by atoms with Crippen molar-refractivity contribution in [1.29, 1.82) is 0 Å². The van der Waals surface area contributed by atoms with Gasteiger partial charge in [0.25, 0.3) is 11.5 Å². The molecule has 0 atom stereocenters. The summed E-state index contributed by atoms with van der Waals surface area (Å²) in [6.45, 7) is 1.43. The van der Waals surface area contributed by atoms with Crippen LogP contribution in [0.5, 0.6) is 11.5 Å². The second kappa shape index (κ2) is 9.67. The van der Waals surface area contributed by atoms with E-state index in [1.807, 2.05) is 0 Å². The lowest BCUT2D eigenvalue weighted by Gasteiger charge is -2.15. The number of benzene rings is 2. The summed E-state index contributed by atoms with van der Waals surface area (Å²) in [5.41, 5.74) is 0.239. The minimum absolute atomic E-state index is 0.0241. The molecule has 0 unspecified atom stereocenters. The molecule has 0 radical (unpaired) electrons. The first-order chi connectivity index (χ1) is 16.9. The Morgan fingerprint density at radius 3 is 2.61 bits per heavy atom. The lowest BCUT2D eigenvalue weighted by Crippen LogP contribution is -2.24. The fraction of sp³-hybridized carbons (Fsp3) is 0.130. The monoisotopic (exact) mass is 538 g/mol. The number of aryl methyl sites for hydroxylation is 1. The van der Waals surface area contributed by atoms with Crippen molar-refractivity contribution in [2.24, 2.45) is 0 Å². The van der Waals surface area contributed by atoms with Crippen molar-refractivity contribution in [3.8, 4) is 11.5 Å². The first-order valence-corrected chi connectivity index (χ1v) is 10.9. The Hall–Kier alpha value is -3.83. The summed E-state index contributed by atoms with van der Waals surface area (Å²) >= 11 is 11.6. The molecule has 13 heteroatoms. The van der Waals surface area contributed by atoms with E-state index in [9.17, 15) is 27.9 Å². The number of carbonyl (C=O) groups is 1. The Morgan fingerprint density at radius 1 is 1.19 bits per heavy atom. The van der Waals surface area contributed by atoms with Gasteiger partial charge in [-0.3, -0.25) is 14.2 Å². The lowest BCUT2D eigenvalue weighted by molar-refractivity contribution is -0.274. The highest BCUT2D eigenvalue weighted by molar-refractivity contribution is 6.36. The van der Waals surface area contributed by atoms with Gasteiger partial charge in [-0.15, -0.1) is 13.2 Å². The Labute approximate surface area is 210 Å². The maximum Gasteiger partial charge on any atom is 0.573 e. The Bertz CT molecular complexity index is 1530. The molecular weight excluding hydrogens is 524 g/mol. The van der Waals surface area contributed by atoms with Gasteiger partial charge < -0.3 is 15.2 Å². The van der Waals surface area contributed by atoms with Crippen LogP contribution in [0.2, 0.25) is 10.2 Å². The molecule has 2 heterocycles. The van der Waals surface area contributed by atoms with Gasteiger partial charge in [0.15, 0.2) is 10.9 Å². The molecule has 36 heavy (non-hydrogen) atoms. The van der Waals surface area contributed by atoms with E-state index >= 15 is 0 Å². The number of aromatic nitrogens is 3. The van der Waals surface area contributed by atoms with Gasteiger partial charge in [0.05, 0.1) is 34.5 Å². The molecule has 0 spiro atoms. The molecule has 186 valence electrons. The van der Waals surface area contributed by atoms with Crippen LogP contribution >= 0.6 is 23.2 Å². The van der Waals surface area contributed by atoms with Gasteiger partial charge in [0, 0.05) is 5.56 Å². The normalized spacial score (nSPS) is 11.5. The van der Waals surface area contributed by atoms with Crippen LogP contribution in [0.25, 0.3) is 10.9 Å². The maximum atomic E-state index is 13.4. The van der Waals surface area contributed by atoms with E-state index in [4.69, 9.17) is 23.2 Å². The van der Waals surface area contributed by atoms with Crippen molar-refractivity contribution in [3.63, 3.8) is 0 Å². The standard InChI is InChI=1S/C23H15Cl2F3N4O4/c1-11-6-7-14(31-21(34)15-8-13(24)19(33)20(25)30-15)17-18(11)29-10-32(22(17)35)9-12-4-2-3-5-16(12)36-23(26,27)28/h2-8,10,33H,9H2,1H3,(H,31,34). The summed E-state index contributed by atoms with van der Waals surface area (Å²) in [6.07, 6.45) is -3.71. The molecular formula is C23H15Cl2F3N4O4. The van der Waals surface area contributed by atoms with Gasteiger partial charge in [-0.2, -0.15) is 0 Å². The average molecular weight is 539 g/mol. The molecule has 0 bridgehead atoms. The Balaban J connectivity index is 1.75. The van der Waals surface area contributed by atoms with Gasteiger partial charge in [-0.1, -0.05) is 47.5 Å². The van der Waals surface area contributed by atoms with Crippen molar-refractivity contribution in [3.05, 3.63) is 86.1 Å². The molecule has 0 saturated carbocycles. The second-order valence-electron chi connectivity index (χ2n) is 7.57. The lowest BCUT2D eigenvalue weighted by atomic mass is 10.1. The van der Waals surface area contributed by atoms with Crippen LogP contribution in [-0.2, 0) is 6.54 Å². The number of nitrogens with zero attached hydrogens (tertiary/aromatic N) is 3. The molecule has 0 aliphatic rings. The number of fused-ring (bicyclic) bond motifs is 1. The quantitative estimate of drug-likeness (QED) is 0.333. The molecule has 0 fully saturated rings. The Kier molecular flexibility index (Phi) is 6.79. The molecule has 4 aromatic rings. The summed E-state index contributed by atoms with van der Waals surface area (Å²) in [6, 6.07) is 9.62. The summed E-state index contributed by atoms with van der Waals surface area (Å²) in [5, 5.41) is 11.7. The molecule has 8 nitrogen and oxygen atoms in total. The number of amides is 1. The van der Waals surface area contributed by atoms with E-state index < -0.39 is 29.3 Å². The molecule has 0 saturated heterocycles. The Morgan fingerprint density at radius 2 is 1.92 bits per heavy atom. The van der Waals surface area contributed by atoms with Crippen LogP contribution in [-0.4, -0.2) is 31.9 Å². The molecule has 0 aliphatic carbocycles. The van der Waals surface area contributed by atoms with Crippen LogP contribution < -0.4 is 15.6 Å². The third-order valence-electron chi connectivity index (χ3n) is 5.10. The molecule has 2 N–H and O–H groups in total. The number of aromatic hydroxyl groups is 1. The molecule has 2 aromatic carbocycles. The summed E-state index contributed by atoms with van der Waals surface area (Å²) < 4.78 is 43.6. The fourth-order valence-corrected chi connectivity index (χ4v) is 3.88. The van der Waals surface area contributed by atoms with Crippen molar-refractivity contribution >= 4 is 45.7 Å². The third-order valence-corrected chi connectivity index (χ3v) is 5.66. The number of rotatable bonds is 5. The largest absolute Gasteiger partial charge is 0.573 e. The summed E-state index contributed by atoms with van der Waals surface area (Å²) in [5.74, 6) is -1.72. The fourth-order valence-electron chi connectivity index (χ4n) is 3.44. The highest BCUT2D eigenvalue weighted by Gasteiger charge is 2.32. The second-order valence-corrected chi connectivity index (χ2v) is 8.33. The number of anilines is 1. The van der Waals surface area contributed by atoms with E-state index in [0.29, 0.717) is 5.56 Å². The van der Waals surface area contributed by atoms with Gasteiger partial charge in [-0.05, 0) is 30.7 Å². The minimum Gasteiger partial charge on any atom is -0.504 e.